The topological polar surface area (TPSA) is 54.5 Å². The lowest BCUT2D eigenvalue weighted by molar-refractivity contribution is 1.17. The number of para-hydroxylation sites is 1. The highest BCUT2D eigenvalue weighted by atomic mass is 14.9. The zero-order valence-electron chi connectivity index (χ0n) is 39.0. The van der Waals surface area contributed by atoms with Gasteiger partial charge in [-0.3, -0.25) is 0 Å². The maximum Gasteiger partial charge on any atom is 0.115 e. The van der Waals surface area contributed by atoms with Gasteiger partial charge in [-0.25, -0.2) is 15.0 Å². The van der Waals surface area contributed by atoms with E-state index >= 15 is 0 Å². The Kier molecular flexibility index (Phi) is 34.4. The van der Waals surface area contributed by atoms with E-state index in [1.54, 1.807) is 25.6 Å². The van der Waals surface area contributed by atoms with Gasteiger partial charge in [0.1, 0.15) is 6.33 Å². The predicted molar refractivity (Wildman–Crippen MR) is 297 cm³/mol. The molecular weight excluding hydrogens is 921 g/mol. The average Bonchev–Trinajstić information content (AvgIpc) is 3.94. The van der Waals surface area contributed by atoms with Crippen LogP contribution in [0.3, 0.4) is 0 Å². The fourth-order valence-corrected chi connectivity index (χ4v) is 3.45. The van der Waals surface area contributed by atoms with Gasteiger partial charge in [0.2, 0.25) is 0 Å². The van der Waals surface area contributed by atoms with Gasteiger partial charge in [-0.1, -0.05) is 18.1 Å². The molecule has 0 aliphatic rings. The Labute approximate surface area is 445 Å². The smallest absolute Gasteiger partial charge is 0.115 e. The second kappa shape index (κ2) is 46.1. The molecule has 2 aromatic heterocycles. The summed E-state index contributed by atoms with van der Waals surface area (Å²) in [7, 11) is 0. The van der Waals surface area contributed by atoms with Crippen molar-refractivity contribution in [3.05, 3.63) is 43.2 Å². The Bertz CT molecular complexity index is 4900. The summed E-state index contributed by atoms with van der Waals surface area (Å²) in [6.07, 6.45) is 11.7. The molecule has 0 saturated carbocycles. The number of nitrogens with one attached hydrogen (secondary N) is 1. The number of H-pyrrole nitrogens is 1. The van der Waals surface area contributed by atoms with Crippen LogP contribution in [0.2, 0.25) is 0 Å². The van der Waals surface area contributed by atoms with Gasteiger partial charge in [-0.05, 0) is 108 Å². The quantitative estimate of drug-likeness (QED) is 0.383. The number of aromatic nitrogens is 4. The van der Waals surface area contributed by atoms with Crippen molar-refractivity contribution in [3.8, 4) is 367 Å². The highest BCUT2D eigenvalue weighted by Crippen LogP contribution is 2.24. The molecule has 1 N–H and O–H groups in total. The molecule has 4 nitrogen and oxygen atoms in total. The van der Waals surface area contributed by atoms with Crippen LogP contribution >= 0.6 is 0 Å². The van der Waals surface area contributed by atoms with Gasteiger partial charge < -0.3 is 4.98 Å². The second-order valence-electron chi connectivity index (χ2n) is 10.8. The summed E-state index contributed by atoms with van der Waals surface area (Å²) in [5.41, 5.74) is 4.01. The molecule has 0 unspecified atom stereocenters. The zero-order valence-corrected chi connectivity index (χ0v) is 39.0. The fraction of sp³-hybridized carbons (Fsp3) is 0.0139. The third-order valence-electron chi connectivity index (χ3n) is 6.02. The number of imidazole rings is 1. The average molecular weight is 933 g/mol. The van der Waals surface area contributed by atoms with E-state index in [0.29, 0.717) is 0 Å². The van der Waals surface area contributed by atoms with Crippen LogP contribution in [0, 0.1) is 356 Å². The van der Waals surface area contributed by atoms with Crippen LogP contribution in [0.4, 0.5) is 0 Å². The van der Waals surface area contributed by atoms with E-state index < -0.39 is 0 Å². The summed E-state index contributed by atoms with van der Waals surface area (Å²) in [6, 6.07) is 6.00. The van der Waals surface area contributed by atoms with Crippen molar-refractivity contribution >= 4 is 11.0 Å². The molecule has 0 amide bonds. The fourth-order valence-electron chi connectivity index (χ4n) is 3.45. The maximum absolute atomic E-state index is 4.94. The van der Waals surface area contributed by atoms with Crippen LogP contribution in [-0.4, -0.2) is 19.9 Å². The van der Waals surface area contributed by atoms with Crippen LogP contribution < -0.4 is 0 Å². The lowest BCUT2D eigenvalue weighted by atomic mass is 10.1. The largest absolute Gasteiger partial charge is 0.345 e. The molecule has 0 bridgehead atoms. The van der Waals surface area contributed by atoms with Crippen LogP contribution in [0.1, 0.15) is 6.92 Å². The molecule has 0 aliphatic carbocycles. The Morgan fingerprint density at radius 3 is 0.789 bits per heavy atom. The van der Waals surface area contributed by atoms with Gasteiger partial charge in [0.05, 0.1) is 17.4 Å². The first-order valence-electron chi connectivity index (χ1n) is 19.9. The molecule has 0 atom stereocenters. The van der Waals surface area contributed by atoms with Gasteiger partial charge in [-0.15, -0.1) is 6.42 Å². The molecule has 1 aromatic carbocycles. The lowest BCUT2D eigenvalue weighted by Gasteiger charge is -2.00. The van der Waals surface area contributed by atoms with E-state index in [-0.39, 0.29) is 0 Å². The van der Waals surface area contributed by atoms with E-state index in [4.69, 9.17) is 6.42 Å². The van der Waals surface area contributed by atoms with E-state index in [1.165, 1.54) is 6.33 Å². The SMILES string of the molecule is C#CC#CC#CC#CC#CC#CC#CC#CC#CC#CC#CC#CC#CC#CC#CC#CC#CC#CC#CC#CC#CC#CC#CC#CC#CC#CC#CC#CC#CC#CC.c1cc(-c2cncnc2)c2nc[nH]c2c1. The minimum Gasteiger partial charge on any atom is -0.345 e. The van der Waals surface area contributed by atoms with E-state index in [0.717, 1.165) is 22.2 Å². The Morgan fingerprint density at radius 1 is 0.316 bits per heavy atom. The van der Waals surface area contributed by atoms with E-state index in [9.17, 15) is 0 Å². The van der Waals surface area contributed by atoms with Crippen molar-refractivity contribution in [2.75, 3.05) is 0 Å². The first-order valence-corrected chi connectivity index (χ1v) is 19.9. The Morgan fingerprint density at radius 2 is 0.553 bits per heavy atom. The normalized spacial score (nSPS) is 5.26. The molecule has 76 heavy (non-hydrogen) atoms. The van der Waals surface area contributed by atoms with E-state index in [1.807, 2.05) is 18.2 Å². The monoisotopic (exact) mass is 932 g/mol. The molecule has 0 fully saturated rings. The number of fused-ring (bicyclic) bond motifs is 1. The first-order chi connectivity index (χ1) is 37.9. The summed E-state index contributed by atoms with van der Waals surface area (Å²) in [5.74, 6) is 147. The predicted octanol–water partition coefficient (Wildman–Crippen LogP) is 2.76. The molecule has 3 aromatic rings. The molecule has 0 aliphatic heterocycles. The van der Waals surface area contributed by atoms with Crippen LogP contribution in [0.5, 0.6) is 0 Å². The summed E-state index contributed by atoms with van der Waals surface area (Å²) in [5, 5.41) is 0. The molecule has 4 heteroatoms. The van der Waals surface area contributed by atoms with E-state index in [2.05, 4.69) is 369 Å². The first kappa shape index (κ1) is 56.7. The van der Waals surface area contributed by atoms with Gasteiger partial charge in [0.25, 0.3) is 0 Å². The number of benzene rings is 1. The molecule has 0 radical (unpaired) electrons. The third kappa shape index (κ3) is 34.9. The number of rotatable bonds is 1. The number of aromatic amines is 1. The standard InChI is InChI=1S/C61H4.C11H8N4/c1-3-5-7-9-11-13-15-17-19-21-23-25-27-29-31-33-35-37-39-41-43-45-47-49-51-53-55-57-59-61-60-58-56-54-52-50-48-46-44-42-40-38-36-34-32-30-28-26-24-22-20-18-16-14-12-10-8-6-4-2;1-2-9(8-4-12-6-13-5-8)11-10(3-1)14-7-15-11/h1H,2H3;1-7H,(H,14,15). The second-order valence-corrected chi connectivity index (χ2v) is 10.8. The van der Waals surface area contributed by atoms with Crippen LogP contribution in [0.15, 0.2) is 43.2 Å². The highest BCUT2D eigenvalue weighted by molar-refractivity contribution is 5.91. The van der Waals surface area contributed by atoms with Crippen molar-refractivity contribution in [1.29, 1.82) is 0 Å². The summed E-state index contributed by atoms with van der Waals surface area (Å²) >= 11 is 0. The van der Waals surface area contributed by atoms with Crippen LogP contribution in [-0.2, 0) is 0 Å². The molecule has 2 heterocycles. The van der Waals surface area contributed by atoms with Crippen molar-refractivity contribution in [2.24, 2.45) is 0 Å². The van der Waals surface area contributed by atoms with Gasteiger partial charge in [0, 0.05) is 272 Å². The lowest BCUT2D eigenvalue weighted by Crippen LogP contribution is -1.83. The van der Waals surface area contributed by atoms with Crippen LogP contribution in [0.25, 0.3) is 22.2 Å². The molecule has 3 rings (SSSR count). The third-order valence-corrected chi connectivity index (χ3v) is 6.02. The van der Waals surface area contributed by atoms with Gasteiger partial charge in [-0.2, -0.15) is 0 Å². The summed E-state index contributed by atoms with van der Waals surface area (Å²) in [6.45, 7) is 1.69. The number of hydrogen-bond donors (Lipinski definition) is 1. The summed E-state index contributed by atoms with van der Waals surface area (Å²) < 4.78 is 0. The highest BCUT2D eigenvalue weighted by Gasteiger charge is 2.05. The molecule has 0 spiro atoms. The Balaban J connectivity index is 0.00000110. The van der Waals surface area contributed by atoms with Crippen molar-refractivity contribution in [2.45, 2.75) is 6.92 Å². The minimum absolute atomic E-state index is 0.951. The van der Waals surface area contributed by atoms with Crippen molar-refractivity contribution < 1.29 is 0 Å². The van der Waals surface area contributed by atoms with Gasteiger partial charge in [0.15, 0.2) is 0 Å². The molecular formula is C72H12N4. The van der Waals surface area contributed by atoms with Gasteiger partial charge >= 0.3 is 0 Å². The number of hydrogen-bond acceptors (Lipinski definition) is 3. The summed E-state index contributed by atoms with van der Waals surface area (Å²) in [4.78, 5) is 15.4. The van der Waals surface area contributed by atoms with Crippen molar-refractivity contribution in [1.82, 2.24) is 19.9 Å². The Hall–Kier alpha value is -15.4. The molecule has 0 saturated heterocycles. The minimum atomic E-state index is 0.951. The van der Waals surface area contributed by atoms with Crippen molar-refractivity contribution in [3.63, 3.8) is 0 Å². The number of nitrogens with zero attached hydrogens (tertiary/aromatic N) is 3. The maximum atomic E-state index is 4.94. The zero-order chi connectivity index (χ0) is 53.8. The number of terminal acetylenes is 1. The molecule has 320 valence electrons.